The fraction of sp³-hybridized carbons (Fsp3) is 1.00. The molecule has 0 bridgehead atoms. The summed E-state index contributed by atoms with van der Waals surface area (Å²) in [5, 5.41) is 20.0. The van der Waals surface area contributed by atoms with Gasteiger partial charge in [-0.3, -0.25) is 0 Å². The molecule has 2 rings (SSSR count). The summed E-state index contributed by atoms with van der Waals surface area (Å²) in [6, 6.07) is 0. The minimum atomic E-state index is -0.174. The summed E-state index contributed by atoms with van der Waals surface area (Å²) < 4.78 is 0. The molecule has 0 amide bonds. The average Bonchev–Trinajstić information content (AvgIpc) is 2.50. The van der Waals surface area contributed by atoms with Crippen molar-refractivity contribution in [1.82, 2.24) is 4.90 Å². The van der Waals surface area contributed by atoms with Crippen LogP contribution in [0, 0.1) is 11.8 Å². The maximum atomic E-state index is 10.1. The zero-order valence-corrected chi connectivity index (χ0v) is 11.0. The van der Waals surface area contributed by atoms with Crippen LogP contribution in [0.3, 0.4) is 0 Å². The summed E-state index contributed by atoms with van der Waals surface area (Å²) in [5.74, 6) is 0.864. The van der Waals surface area contributed by atoms with Crippen molar-refractivity contribution in [3.05, 3.63) is 0 Å². The third-order valence-electron chi connectivity index (χ3n) is 4.61. The van der Waals surface area contributed by atoms with E-state index in [4.69, 9.17) is 0 Å². The molecule has 1 aliphatic carbocycles. The Morgan fingerprint density at radius 1 is 1.00 bits per heavy atom. The molecule has 4 unspecified atom stereocenters. The number of β-amino-alcohol motifs (C(OH)–C–C–N with tert-alkyl or cyclic N) is 1. The van der Waals surface area contributed by atoms with E-state index in [1.165, 1.54) is 19.3 Å². The molecule has 2 aliphatic rings. The van der Waals surface area contributed by atoms with Crippen molar-refractivity contribution in [2.45, 2.75) is 57.7 Å². The van der Waals surface area contributed by atoms with Crippen molar-refractivity contribution in [1.29, 1.82) is 0 Å². The SMILES string of the molecule is CC1CCN(CC2CCCCCC2O)CC1O. The second-order valence-corrected chi connectivity index (χ2v) is 6.06. The Bertz CT molecular complexity index is 234. The summed E-state index contributed by atoms with van der Waals surface area (Å²) in [6.45, 7) is 4.99. The van der Waals surface area contributed by atoms with E-state index in [1.54, 1.807) is 0 Å². The number of likely N-dealkylation sites (tertiary alicyclic amines) is 1. The quantitative estimate of drug-likeness (QED) is 0.722. The van der Waals surface area contributed by atoms with E-state index in [0.717, 1.165) is 38.9 Å². The Hall–Kier alpha value is -0.120. The Morgan fingerprint density at radius 2 is 1.76 bits per heavy atom. The predicted molar refractivity (Wildman–Crippen MR) is 68.8 cm³/mol. The van der Waals surface area contributed by atoms with Gasteiger partial charge in [-0.1, -0.05) is 26.2 Å². The molecular formula is C14H27NO2. The molecule has 0 aromatic heterocycles. The van der Waals surface area contributed by atoms with E-state index < -0.39 is 0 Å². The number of aliphatic hydroxyl groups is 2. The van der Waals surface area contributed by atoms with Gasteiger partial charge in [0.05, 0.1) is 12.2 Å². The van der Waals surface area contributed by atoms with E-state index in [0.29, 0.717) is 11.8 Å². The number of nitrogens with zero attached hydrogens (tertiary/aromatic N) is 1. The van der Waals surface area contributed by atoms with Crippen LogP contribution in [0.1, 0.15) is 45.4 Å². The topological polar surface area (TPSA) is 43.7 Å². The zero-order chi connectivity index (χ0) is 12.3. The molecule has 0 spiro atoms. The summed E-state index contributed by atoms with van der Waals surface area (Å²) >= 11 is 0. The van der Waals surface area contributed by atoms with Crippen molar-refractivity contribution in [3.8, 4) is 0 Å². The van der Waals surface area contributed by atoms with Gasteiger partial charge in [0.25, 0.3) is 0 Å². The lowest BCUT2D eigenvalue weighted by molar-refractivity contribution is 0.00565. The van der Waals surface area contributed by atoms with Crippen molar-refractivity contribution < 1.29 is 10.2 Å². The fourth-order valence-corrected chi connectivity index (χ4v) is 3.19. The number of hydrogen-bond acceptors (Lipinski definition) is 3. The molecule has 100 valence electrons. The molecule has 17 heavy (non-hydrogen) atoms. The second-order valence-electron chi connectivity index (χ2n) is 6.06. The minimum absolute atomic E-state index is 0.117. The molecule has 0 aromatic carbocycles. The van der Waals surface area contributed by atoms with Gasteiger partial charge in [0.15, 0.2) is 0 Å². The smallest absolute Gasteiger partial charge is 0.0693 e. The van der Waals surface area contributed by atoms with Crippen LogP contribution in [0.2, 0.25) is 0 Å². The van der Waals surface area contributed by atoms with E-state index in [2.05, 4.69) is 11.8 Å². The highest BCUT2D eigenvalue weighted by Crippen LogP contribution is 2.26. The summed E-state index contributed by atoms with van der Waals surface area (Å²) in [5.41, 5.74) is 0. The Morgan fingerprint density at radius 3 is 2.53 bits per heavy atom. The highest BCUT2D eigenvalue weighted by atomic mass is 16.3. The number of piperidine rings is 1. The third-order valence-corrected chi connectivity index (χ3v) is 4.61. The molecule has 1 saturated carbocycles. The summed E-state index contributed by atoms with van der Waals surface area (Å²) in [6.07, 6.45) is 6.63. The lowest BCUT2D eigenvalue weighted by Gasteiger charge is -2.37. The first kappa shape index (κ1) is 13.3. The lowest BCUT2D eigenvalue weighted by atomic mass is 9.92. The fourth-order valence-electron chi connectivity index (χ4n) is 3.19. The molecule has 2 N–H and O–H groups in total. The van der Waals surface area contributed by atoms with Gasteiger partial charge in [0, 0.05) is 13.1 Å². The van der Waals surface area contributed by atoms with E-state index in [-0.39, 0.29) is 12.2 Å². The molecule has 3 nitrogen and oxygen atoms in total. The Balaban J connectivity index is 1.83. The maximum Gasteiger partial charge on any atom is 0.0693 e. The van der Waals surface area contributed by atoms with E-state index in [1.807, 2.05) is 0 Å². The van der Waals surface area contributed by atoms with Gasteiger partial charge in [-0.25, -0.2) is 0 Å². The van der Waals surface area contributed by atoms with Crippen LogP contribution in [0.15, 0.2) is 0 Å². The molecule has 1 saturated heterocycles. The highest BCUT2D eigenvalue weighted by molar-refractivity contribution is 4.82. The van der Waals surface area contributed by atoms with Gasteiger partial charge in [-0.2, -0.15) is 0 Å². The van der Waals surface area contributed by atoms with Crippen LogP contribution >= 0.6 is 0 Å². The van der Waals surface area contributed by atoms with Crippen LogP contribution in [0.25, 0.3) is 0 Å². The van der Waals surface area contributed by atoms with Crippen LogP contribution < -0.4 is 0 Å². The molecule has 2 fully saturated rings. The predicted octanol–water partition coefficient (Wildman–Crippen LogP) is 1.63. The Kier molecular flexibility index (Phi) is 4.83. The van der Waals surface area contributed by atoms with Gasteiger partial charge < -0.3 is 15.1 Å². The van der Waals surface area contributed by atoms with Crippen LogP contribution in [-0.2, 0) is 0 Å². The van der Waals surface area contributed by atoms with Crippen molar-refractivity contribution in [3.63, 3.8) is 0 Å². The first-order valence-corrected chi connectivity index (χ1v) is 7.25. The summed E-state index contributed by atoms with van der Waals surface area (Å²) in [7, 11) is 0. The third kappa shape index (κ3) is 3.67. The minimum Gasteiger partial charge on any atom is -0.393 e. The number of hydrogen-bond donors (Lipinski definition) is 2. The molecule has 0 radical (unpaired) electrons. The van der Waals surface area contributed by atoms with Gasteiger partial charge in [-0.05, 0) is 37.6 Å². The largest absolute Gasteiger partial charge is 0.393 e. The molecule has 0 aromatic rings. The van der Waals surface area contributed by atoms with Gasteiger partial charge >= 0.3 is 0 Å². The van der Waals surface area contributed by atoms with E-state index >= 15 is 0 Å². The van der Waals surface area contributed by atoms with Gasteiger partial charge in [-0.15, -0.1) is 0 Å². The van der Waals surface area contributed by atoms with Gasteiger partial charge in [0.2, 0.25) is 0 Å². The zero-order valence-electron chi connectivity index (χ0n) is 11.0. The number of rotatable bonds is 2. The lowest BCUT2D eigenvalue weighted by Crippen LogP contribution is -2.46. The monoisotopic (exact) mass is 241 g/mol. The van der Waals surface area contributed by atoms with Crippen LogP contribution in [-0.4, -0.2) is 47.0 Å². The second kappa shape index (κ2) is 6.17. The summed E-state index contributed by atoms with van der Waals surface area (Å²) in [4.78, 5) is 2.35. The van der Waals surface area contributed by atoms with Crippen molar-refractivity contribution in [2.75, 3.05) is 19.6 Å². The van der Waals surface area contributed by atoms with Gasteiger partial charge in [0.1, 0.15) is 0 Å². The standard InChI is InChI=1S/C14H27NO2/c1-11-7-8-15(10-14(11)17)9-12-5-3-2-4-6-13(12)16/h11-14,16-17H,2-10H2,1H3. The van der Waals surface area contributed by atoms with Crippen LogP contribution in [0.5, 0.6) is 0 Å². The molecule has 1 heterocycles. The molecule has 4 atom stereocenters. The first-order chi connectivity index (χ1) is 8.16. The number of aliphatic hydroxyl groups excluding tert-OH is 2. The highest BCUT2D eigenvalue weighted by Gasteiger charge is 2.28. The average molecular weight is 241 g/mol. The maximum absolute atomic E-state index is 10.1. The van der Waals surface area contributed by atoms with Crippen LogP contribution in [0.4, 0.5) is 0 Å². The van der Waals surface area contributed by atoms with Crippen molar-refractivity contribution >= 4 is 0 Å². The van der Waals surface area contributed by atoms with Crippen molar-refractivity contribution in [2.24, 2.45) is 11.8 Å². The molecular weight excluding hydrogens is 214 g/mol. The normalized spacial score (nSPS) is 41.1. The van der Waals surface area contributed by atoms with E-state index in [9.17, 15) is 10.2 Å². The Labute approximate surface area is 105 Å². The first-order valence-electron chi connectivity index (χ1n) is 7.25. The molecule has 1 aliphatic heterocycles. The molecule has 3 heteroatoms.